The Kier molecular flexibility index (Phi) is 8.07. The number of likely N-dealkylation sites (tertiary alicyclic amines) is 2. The number of rotatable bonds is 7. The summed E-state index contributed by atoms with van der Waals surface area (Å²) >= 11 is 0. The van der Waals surface area contributed by atoms with Crippen molar-refractivity contribution in [3.63, 3.8) is 0 Å². The first-order valence-corrected chi connectivity index (χ1v) is 11.0. The first kappa shape index (κ1) is 21.8. The van der Waals surface area contributed by atoms with Crippen molar-refractivity contribution in [2.24, 2.45) is 5.92 Å². The summed E-state index contributed by atoms with van der Waals surface area (Å²) in [6, 6.07) is 7.79. The Morgan fingerprint density at radius 1 is 1.07 bits per heavy atom. The Labute approximate surface area is 174 Å². The minimum atomic E-state index is -0.0113. The van der Waals surface area contributed by atoms with Gasteiger partial charge in [-0.15, -0.1) is 0 Å². The van der Waals surface area contributed by atoms with E-state index in [1.165, 1.54) is 0 Å². The van der Waals surface area contributed by atoms with Crippen LogP contribution in [0, 0.1) is 12.8 Å². The van der Waals surface area contributed by atoms with E-state index in [0.717, 1.165) is 76.2 Å². The average molecular weight is 402 g/mol. The number of nitrogens with one attached hydrogen (secondary N) is 1. The lowest BCUT2D eigenvalue weighted by Crippen LogP contribution is -2.50. The zero-order valence-corrected chi connectivity index (χ0v) is 17.9. The molecular formula is C23H35N3O3. The molecule has 2 fully saturated rings. The maximum atomic E-state index is 12.7. The molecule has 3 rings (SSSR count). The highest BCUT2D eigenvalue weighted by atomic mass is 16.5. The molecule has 2 saturated heterocycles. The van der Waals surface area contributed by atoms with E-state index in [1.54, 1.807) is 0 Å². The molecule has 0 atom stereocenters. The van der Waals surface area contributed by atoms with E-state index in [1.807, 2.05) is 43.0 Å². The highest BCUT2D eigenvalue weighted by Gasteiger charge is 2.27. The minimum Gasteiger partial charge on any atom is -0.381 e. The van der Waals surface area contributed by atoms with Gasteiger partial charge in [0.1, 0.15) is 0 Å². The molecule has 29 heavy (non-hydrogen) atoms. The van der Waals surface area contributed by atoms with Crippen LogP contribution in [-0.4, -0.2) is 73.6 Å². The first-order valence-electron chi connectivity index (χ1n) is 11.0. The van der Waals surface area contributed by atoms with Gasteiger partial charge < -0.3 is 15.0 Å². The van der Waals surface area contributed by atoms with Crippen molar-refractivity contribution in [1.82, 2.24) is 15.1 Å². The van der Waals surface area contributed by atoms with Gasteiger partial charge in [0, 0.05) is 37.9 Å². The summed E-state index contributed by atoms with van der Waals surface area (Å²) in [6.45, 7) is 9.53. The smallest absolute Gasteiger partial charge is 0.251 e. The van der Waals surface area contributed by atoms with Crippen LogP contribution in [0.25, 0.3) is 0 Å². The molecule has 0 spiro atoms. The van der Waals surface area contributed by atoms with Crippen molar-refractivity contribution in [3.8, 4) is 0 Å². The van der Waals surface area contributed by atoms with E-state index in [9.17, 15) is 9.59 Å². The normalized spacial score (nSPS) is 19.3. The van der Waals surface area contributed by atoms with Crippen LogP contribution in [0.1, 0.15) is 48.5 Å². The Bertz CT molecular complexity index is 678. The fourth-order valence-corrected chi connectivity index (χ4v) is 4.25. The van der Waals surface area contributed by atoms with Crippen LogP contribution in [0.5, 0.6) is 0 Å². The molecule has 0 bridgehead atoms. The summed E-state index contributed by atoms with van der Waals surface area (Å²) in [6.07, 6.45) is 3.86. The predicted molar refractivity (Wildman–Crippen MR) is 114 cm³/mol. The number of aryl methyl sites for hydroxylation is 1. The molecule has 160 valence electrons. The quantitative estimate of drug-likeness (QED) is 0.762. The largest absolute Gasteiger partial charge is 0.381 e. The molecule has 2 heterocycles. The number of hydrogen-bond donors (Lipinski definition) is 1. The molecule has 6 nitrogen and oxygen atoms in total. The number of piperidine rings is 2. The fourth-order valence-electron chi connectivity index (χ4n) is 4.25. The lowest BCUT2D eigenvalue weighted by molar-refractivity contribution is -0.133. The molecule has 2 aliphatic rings. The fraction of sp³-hybridized carbons (Fsp3) is 0.652. The van der Waals surface area contributed by atoms with Gasteiger partial charge in [-0.3, -0.25) is 14.5 Å². The molecule has 0 radical (unpaired) electrons. The summed E-state index contributed by atoms with van der Waals surface area (Å²) in [4.78, 5) is 29.4. The second kappa shape index (κ2) is 10.7. The average Bonchev–Trinajstić information content (AvgIpc) is 2.74. The number of benzene rings is 1. The van der Waals surface area contributed by atoms with Gasteiger partial charge in [-0.05, 0) is 70.2 Å². The lowest BCUT2D eigenvalue weighted by Gasteiger charge is -2.36. The Balaban J connectivity index is 1.37. The van der Waals surface area contributed by atoms with Gasteiger partial charge >= 0.3 is 0 Å². The summed E-state index contributed by atoms with van der Waals surface area (Å²) in [7, 11) is 0. The van der Waals surface area contributed by atoms with Crippen LogP contribution in [0.15, 0.2) is 24.3 Å². The van der Waals surface area contributed by atoms with E-state index in [0.29, 0.717) is 12.5 Å². The molecule has 0 unspecified atom stereocenters. The third-order valence-corrected chi connectivity index (χ3v) is 6.20. The zero-order valence-electron chi connectivity index (χ0n) is 17.9. The highest BCUT2D eigenvalue weighted by Crippen LogP contribution is 2.18. The number of amides is 2. The molecule has 6 heteroatoms. The Hall–Kier alpha value is -1.92. The van der Waals surface area contributed by atoms with Gasteiger partial charge in [0.2, 0.25) is 5.91 Å². The van der Waals surface area contributed by atoms with Crippen molar-refractivity contribution in [1.29, 1.82) is 0 Å². The van der Waals surface area contributed by atoms with Crippen LogP contribution >= 0.6 is 0 Å². The molecule has 2 aliphatic heterocycles. The first-order chi connectivity index (χ1) is 14.1. The van der Waals surface area contributed by atoms with Crippen molar-refractivity contribution in [3.05, 3.63) is 35.4 Å². The number of hydrogen-bond acceptors (Lipinski definition) is 4. The number of carbonyl (C=O) groups excluding carboxylic acids is 2. The molecule has 1 aromatic rings. The molecular weight excluding hydrogens is 366 g/mol. The van der Waals surface area contributed by atoms with Gasteiger partial charge in [0.05, 0.1) is 6.54 Å². The Morgan fingerprint density at radius 2 is 1.76 bits per heavy atom. The van der Waals surface area contributed by atoms with Crippen molar-refractivity contribution >= 4 is 11.8 Å². The van der Waals surface area contributed by atoms with Crippen LogP contribution < -0.4 is 5.32 Å². The highest BCUT2D eigenvalue weighted by molar-refractivity contribution is 5.95. The monoisotopic (exact) mass is 401 g/mol. The molecule has 0 saturated carbocycles. The van der Waals surface area contributed by atoms with E-state index in [-0.39, 0.29) is 17.9 Å². The Morgan fingerprint density at radius 3 is 2.41 bits per heavy atom. The molecule has 0 aromatic heterocycles. The van der Waals surface area contributed by atoms with Gasteiger partial charge in [-0.25, -0.2) is 0 Å². The molecule has 2 amide bonds. The van der Waals surface area contributed by atoms with Crippen LogP contribution in [-0.2, 0) is 9.53 Å². The van der Waals surface area contributed by atoms with Gasteiger partial charge in [0.15, 0.2) is 0 Å². The third-order valence-electron chi connectivity index (χ3n) is 6.20. The van der Waals surface area contributed by atoms with Crippen molar-refractivity contribution < 1.29 is 14.3 Å². The SMILES string of the molecule is CCOCC1CCN(CC(=O)N2CCC(NC(=O)c3ccccc3C)CC2)CC1. The van der Waals surface area contributed by atoms with E-state index in [4.69, 9.17) is 4.74 Å². The number of carbonyl (C=O) groups is 2. The summed E-state index contributed by atoms with van der Waals surface area (Å²) < 4.78 is 5.53. The van der Waals surface area contributed by atoms with Gasteiger partial charge in [-0.1, -0.05) is 18.2 Å². The van der Waals surface area contributed by atoms with Gasteiger partial charge in [0.25, 0.3) is 5.91 Å². The molecule has 0 aliphatic carbocycles. The second-order valence-corrected chi connectivity index (χ2v) is 8.32. The predicted octanol–water partition coefficient (Wildman–Crippen LogP) is 2.46. The number of nitrogens with zero attached hydrogens (tertiary/aromatic N) is 2. The van der Waals surface area contributed by atoms with Crippen molar-refractivity contribution in [2.75, 3.05) is 45.9 Å². The van der Waals surface area contributed by atoms with Crippen molar-refractivity contribution in [2.45, 2.75) is 45.6 Å². The number of ether oxygens (including phenoxy) is 1. The van der Waals surface area contributed by atoms with E-state index in [2.05, 4.69) is 10.2 Å². The van der Waals surface area contributed by atoms with Crippen LogP contribution in [0.3, 0.4) is 0 Å². The maximum Gasteiger partial charge on any atom is 0.251 e. The maximum absolute atomic E-state index is 12.7. The standard InChI is InChI=1S/C23H35N3O3/c1-3-29-17-19-8-12-25(13-9-19)16-22(27)26-14-10-20(11-15-26)24-23(28)21-7-5-4-6-18(21)2/h4-7,19-20H,3,8-17H2,1-2H3,(H,24,28). The summed E-state index contributed by atoms with van der Waals surface area (Å²) in [5, 5.41) is 3.14. The molecule has 1 N–H and O–H groups in total. The topological polar surface area (TPSA) is 61.9 Å². The lowest BCUT2D eigenvalue weighted by atomic mass is 9.97. The van der Waals surface area contributed by atoms with E-state index >= 15 is 0 Å². The van der Waals surface area contributed by atoms with Crippen LogP contribution in [0.2, 0.25) is 0 Å². The second-order valence-electron chi connectivity index (χ2n) is 8.32. The molecule has 1 aromatic carbocycles. The van der Waals surface area contributed by atoms with E-state index < -0.39 is 0 Å². The minimum absolute atomic E-state index is 0.0113. The summed E-state index contributed by atoms with van der Waals surface area (Å²) in [5.41, 5.74) is 1.72. The van der Waals surface area contributed by atoms with Gasteiger partial charge in [-0.2, -0.15) is 0 Å². The summed E-state index contributed by atoms with van der Waals surface area (Å²) in [5.74, 6) is 0.841. The zero-order chi connectivity index (χ0) is 20.6. The third kappa shape index (κ3) is 6.28. The van der Waals surface area contributed by atoms with Crippen LogP contribution in [0.4, 0.5) is 0 Å².